The molecule has 1 aliphatic heterocycles. The van der Waals surface area contributed by atoms with Crippen LogP contribution in [0.4, 0.5) is 11.4 Å². The fraction of sp³-hybridized carbons (Fsp3) is 0.235. The van der Waals surface area contributed by atoms with Crippen LogP contribution in [0.5, 0.6) is 0 Å². The van der Waals surface area contributed by atoms with Crippen LogP contribution < -0.4 is 4.90 Å². The minimum Gasteiger partial charge on any atom is -0.371 e. The van der Waals surface area contributed by atoms with Crippen LogP contribution in [0.25, 0.3) is 5.69 Å². The number of nitro benzene ring substituents is 1. The molecule has 3 aromatic rings. The summed E-state index contributed by atoms with van der Waals surface area (Å²) in [6.07, 6.45) is 2.29. The summed E-state index contributed by atoms with van der Waals surface area (Å²) >= 11 is 1.20. The number of nitrogens with zero attached hydrogens (tertiary/aromatic N) is 6. The molecule has 2 heterocycles. The number of aromatic nitrogens is 4. The average Bonchev–Trinajstić information content (AvgIpc) is 3.34. The van der Waals surface area contributed by atoms with Crippen LogP contribution in [0.2, 0.25) is 0 Å². The third-order valence-electron chi connectivity index (χ3n) is 4.25. The van der Waals surface area contributed by atoms with E-state index in [-0.39, 0.29) is 10.6 Å². The van der Waals surface area contributed by atoms with E-state index in [1.807, 2.05) is 42.5 Å². The molecule has 0 aliphatic carbocycles. The zero-order chi connectivity index (χ0) is 17.9. The minimum absolute atomic E-state index is 0.0561. The van der Waals surface area contributed by atoms with Crippen molar-refractivity contribution >= 4 is 23.1 Å². The van der Waals surface area contributed by atoms with E-state index in [0.717, 1.165) is 37.3 Å². The van der Waals surface area contributed by atoms with Gasteiger partial charge in [-0.3, -0.25) is 10.1 Å². The van der Waals surface area contributed by atoms with Crippen molar-refractivity contribution in [2.45, 2.75) is 22.9 Å². The van der Waals surface area contributed by atoms with Crippen LogP contribution in [0.15, 0.2) is 58.6 Å². The van der Waals surface area contributed by atoms with Gasteiger partial charge in [0.25, 0.3) is 5.69 Å². The first kappa shape index (κ1) is 16.5. The summed E-state index contributed by atoms with van der Waals surface area (Å²) in [6.45, 7) is 1.95. The summed E-state index contributed by atoms with van der Waals surface area (Å²) in [4.78, 5) is 13.9. The molecular weight excluding hydrogens is 352 g/mol. The van der Waals surface area contributed by atoms with Crippen LogP contribution in [0.3, 0.4) is 0 Å². The third-order valence-corrected chi connectivity index (χ3v) is 5.24. The van der Waals surface area contributed by atoms with Gasteiger partial charge in [-0.05, 0) is 59.3 Å². The van der Waals surface area contributed by atoms with Crippen molar-refractivity contribution in [1.29, 1.82) is 0 Å². The van der Waals surface area contributed by atoms with Crippen molar-refractivity contribution in [3.8, 4) is 5.69 Å². The zero-order valence-electron chi connectivity index (χ0n) is 13.9. The molecule has 9 heteroatoms. The molecule has 1 saturated heterocycles. The molecule has 0 radical (unpaired) electrons. The molecule has 26 heavy (non-hydrogen) atoms. The van der Waals surface area contributed by atoms with Gasteiger partial charge in [0, 0.05) is 24.8 Å². The Labute approximate surface area is 154 Å². The van der Waals surface area contributed by atoms with Crippen LogP contribution in [0, 0.1) is 10.1 Å². The van der Waals surface area contributed by atoms with Gasteiger partial charge in [0.2, 0.25) is 5.16 Å². The maximum atomic E-state index is 11.5. The Balaban J connectivity index is 1.70. The number of benzene rings is 2. The predicted octanol–water partition coefficient (Wildman–Crippen LogP) is 3.32. The molecule has 1 aromatic heterocycles. The highest BCUT2D eigenvalue weighted by Crippen LogP contribution is 2.37. The number of rotatable bonds is 5. The maximum Gasteiger partial charge on any atom is 0.283 e. The Kier molecular flexibility index (Phi) is 4.53. The topological polar surface area (TPSA) is 90.0 Å². The highest BCUT2D eigenvalue weighted by molar-refractivity contribution is 7.99. The largest absolute Gasteiger partial charge is 0.371 e. The molecule has 0 N–H and O–H groups in total. The molecule has 0 saturated carbocycles. The standard InChI is InChI=1S/C17H16N6O2S/c24-23(25)15-9-8-14(21-10-4-5-11-21)12-16(15)26-17-18-19-20-22(17)13-6-2-1-3-7-13/h1-3,6-9,12H,4-5,10-11H2. The van der Waals surface area contributed by atoms with Gasteiger partial charge in [-0.25, -0.2) is 0 Å². The summed E-state index contributed by atoms with van der Waals surface area (Å²) in [6, 6.07) is 14.7. The summed E-state index contributed by atoms with van der Waals surface area (Å²) in [5, 5.41) is 23.7. The van der Waals surface area contributed by atoms with Gasteiger partial charge in [-0.1, -0.05) is 18.2 Å². The lowest BCUT2D eigenvalue weighted by molar-refractivity contribution is -0.387. The lowest BCUT2D eigenvalue weighted by Crippen LogP contribution is -2.17. The summed E-state index contributed by atoms with van der Waals surface area (Å²) < 4.78 is 1.58. The average molecular weight is 368 g/mol. The van der Waals surface area contributed by atoms with E-state index in [2.05, 4.69) is 20.4 Å². The van der Waals surface area contributed by atoms with E-state index in [9.17, 15) is 10.1 Å². The van der Waals surface area contributed by atoms with E-state index in [1.54, 1.807) is 10.7 Å². The molecule has 0 atom stereocenters. The summed E-state index contributed by atoms with van der Waals surface area (Å²) in [7, 11) is 0. The van der Waals surface area contributed by atoms with Gasteiger partial charge < -0.3 is 4.90 Å². The number of hydrogen-bond donors (Lipinski definition) is 0. The highest BCUT2D eigenvalue weighted by atomic mass is 32.2. The Morgan fingerprint density at radius 1 is 1.04 bits per heavy atom. The number of nitro groups is 1. The van der Waals surface area contributed by atoms with Gasteiger partial charge >= 0.3 is 0 Å². The first-order valence-electron chi connectivity index (χ1n) is 8.27. The van der Waals surface area contributed by atoms with Crippen LogP contribution in [0.1, 0.15) is 12.8 Å². The zero-order valence-corrected chi connectivity index (χ0v) is 14.7. The van der Waals surface area contributed by atoms with Crippen molar-refractivity contribution < 1.29 is 4.92 Å². The smallest absolute Gasteiger partial charge is 0.283 e. The molecule has 0 unspecified atom stereocenters. The van der Waals surface area contributed by atoms with Crippen molar-refractivity contribution in [3.63, 3.8) is 0 Å². The number of tetrazole rings is 1. The van der Waals surface area contributed by atoms with Crippen molar-refractivity contribution in [2.24, 2.45) is 0 Å². The fourth-order valence-corrected chi connectivity index (χ4v) is 3.91. The monoisotopic (exact) mass is 368 g/mol. The van der Waals surface area contributed by atoms with Gasteiger partial charge in [-0.15, -0.1) is 5.10 Å². The number of anilines is 1. The van der Waals surface area contributed by atoms with E-state index in [0.29, 0.717) is 10.1 Å². The van der Waals surface area contributed by atoms with E-state index in [1.165, 1.54) is 11.8 Å². The van der Waals surface area contributed by atoms with E-state index < -0.39 is 0 Å². The minimum atomic E-state index is -0.368. The van der Waals surface area contributed by atoms with Crippen molar-refractivity contribution in [1.82, 2.24) is 20.2 Å². The van der Waals surface area contributed by atoms with Crippen LogP contribution in [-0.2, 0) is 0 Å². The molecule has 132 valence electrons. The Hall–Kier alpha value is -2.94. The molecule has 0 bridgehead atoms. The molecule has 0 spiro atoms. The van der Waals surface area contributed by atoms with Gasteiger partial charge in [0.1, 0.15) is 0 Å². The molecular formula is C17H16N6O2S. The first-order chi connectivity index (χ1) is 12.7. The van der Waals surface area contributed by atoms with E-state index in [4.69, 9.17) is 0 Å². The summed E-state index contributed by atoms with van der Waals surface area (Å²) in [5.41, 5.74) is 1.85. The third kappa shape index (κ3) is 3.25. The Morgan fingerprint density at radius 2 is 1.81 bits per heavy atom. The molecule has 2 aromatic carbocycles. The van der Waals surface area contributed by atoms with Gasteiger partial charge in [0.05, 0.1) is 15.5 Å². The lowest BCUT2D eigenvalue weighted by atomic mass is 10.2. The molecule has 1 aliphatic rings. The number of hydrogen-bond acceptors (Lipinski definition) is 7. The molecule has 8 nitrogen and oxygen atoms in total. The van der Waals surface area contributed by atoms with Crippen molar-refractivity contribution in [3.05, 3.63) is 58.6 Å². The second-order valence-electron chi connectivity index (χ2n) is 5.91. The quantitative estimate of drug-likeness (QED) is 0.504. The normalized spacial score (nSPS) is 13.9. The van der Waals surface area contributed by atoms with Crippen molar-refractivity contribution in [2.75, 3.05) is 18.0 Å². The molecule has 1 fully saturated rings. The highest BCUT2D eigenvalue weighted by Gasteiger charge is 2.21. The Morgan fingerprint density at radius 3 is 2.54 bits per heavy atom. The first-order valence-corrected chi connectivity index (χ1v) is 9.09. The van der Waals surface area contributed by atoms with Gasteiger partial charge in [-0.2, -0.15) is 4.68 Å². The maximum absolute atomic E-state index is 11.5. The second-order valence-corrected chi connectivity index (χ2v) is 6.92. The Bertz CT molecular complexity index is 924. The number of para-hydroxylation sites is 1. The molecule has 4 rings (SSSR count). The lowest BCUT2D eigenvalue weighted by Gasteiger charge is -2.18. The van der Waals surface area contributed by atoms with E-state index >= 15 is 0 Å². The fourth-order valence-electron chi connectivity index (χ4n) is 2.98. The second kappa shape index (κ2) is 7.12. The predicted molar refractivity (Wildman–Crippen MR) is 97.8 cm³/mol. The van der Waals surface area contributed by atoms with Crippen LogP contribution >= 0.6 is 11.8 Å². The molecule has 0 amide bonds. The van der Waals surface area contributed by atoms with Crippen LogP contribution in [-0.4, -0.2) is 38.2 Å². The van der Waals surface area contributed by atoms with Gasteiger partial charge in [0.15, 0.2) is 0 Å². The summed E-state index contributed by atoms with van der Waals surface area (Å²) in [5.74, 6) is 0. The SMILES string of the molecule is O=[N+]([O-])c1ccc(N2CCCC2)cc1Sc1nnnn1-c1ccccc1.